The van der Waals surface area contributed by atoms with Gasteiger partial charge >= 0.3 is 5.97 Å². The van der Waals surface area contributed by atoms with E-state index >= 15 is 0 Å². The zero-order valence-electron chi connectivity index (χ0n) is 11.0. The highest BCUT2D eigenvalue weighted by molar-refractivity contribution is 6.08. The van der Waals surface area contributed by atoms with E-state index in [0.717, 1.165) is 37.0 Å². The van der Waals surface area contributed by atoms with Gasteiger partial charge in [0.05, 0.1) is 7.11 Å². The van der Waals surface area contributed by atoms with Crippen LogP contribution in [0.4, 0.5) is 0 Å². The summed E-state index contributed by atoms with van der Waals surface area (Å²) in [6.07, 6.45) is 4.88. The Bertz CT molecular complexity index is 530. The van der Waals surface area contributed by atoms with Gasteiger partial charge in [-0.3, -0.25) is 0 Å². The van der Waals surface area contributed by atoms with E-state index in [4.69, 9.17) is 9.47 Å². The molecule has 2 aliphatic rings. The van der Waals surface area contributed by atoms with E-state index in [2.05, 4.69) is 4.99 Å². The van der Waals surface area contributed by atoms with Crippen LogP contribution in [-0.2, 0) is 9.53 Å². The molecule has 1 aromatic carbocycles. The number of carbonyl (C=O) groups excluding carboxylic acids is 1. The largest absolute Gasteiger partial charge is 0.497 e. The SMILES string of the molecule is COc1cccc(C2=NC3(CCCCC3)C(=O)O2)c1. The minimum absolute atomic E-state index is 0.190. The van der Waals surface area contributed by atoms with Gasteiger partial charge in [0.2, 0.25) is 5.90 Å². The van der Waals surface area contributed by atoms with Gasteiger partial charge in [0.25, 0.3) is 0 Å². The Morgan fingerprint density at radius 1 is 1.26 bits per heavy atom. The molecule has 0 saturated heterocycles. The van der Waals surface area contributed by atoms with Crippen LogP contribution in [0.2, 0.25) is 0 Å². The number of cyclic esters (lactones) is 1. The van der Waals surface area contributed by atoms with Crippen LogP contribution in [-0.4, -0.2) is 24.5 Å². The first-order valence-corrected chi connectivity index (χ1v) is 6.70. The number of hydrogen-bond donors (Lipinski definition) is 0. The van der Waals surface area contributed by atoms with Crippen LogP contribution in [0.3, 0.4) is 0 Å². The van der Waals surface area contributed by atoms with Crippen LogP contribution >= 0.6 is 0 Å². The highest BCUT2D eigenvalue weighted by atomic mass is 16.6. The number of nitrogens with zero attached hydrogens (tertiary/aromatic N) is 1. The molecule has 0 aromatic heterocycles. The summed E-state index contributed by atoms with van der Waals surface area (Å²) in [5.41, 5.74) is 0.187. The maximum atomic E-state index is 12.1. The van der Waals surface area contributed by atoms with E-state index in [-0.39, 0.29) is 5.97 Å². The Morgan fingerprint density at radius 2 is 2.05 bits per heavy atom. The lowest BCUT2D eigenvalue weighted by molar-refractivity contribution is -0.140. The fourth-order valence-corrected chi connectivity index (χ4v) is 2.78. The van der Waals surface area contributed by atoms with Crippen LogP contribution in [0, 0.1) is 0 Å². The fourth-order valence-electron chi connectivity index (χ4n) is 2.78. The van der Waals surface area contributed by atoms with Crippen molar-refractivity contribution in [2.24, 2.45) is 4.99 Å². The Labute approximate surface area is 112 Å². The Morgan fingerprint density at radius 3 is 2.79 bits per heavy atom. The molecule has 19 heavy (non-hydrogen) atoms. The van der Waals surface area contributed by atoms with Crippen molar-refractivity contribution < 1.29 is 14.3 Å². The van der Waals surface area contributed by atoms with Gasteiger partial charge in [0.15, 0.2) is 5.54 Å². The molecule has 0 radical (unpaired) electrons. The second kappa shape index (κ2) is 4.68. The number of rotatable bonds is 2. The first-order chi connectivity index (χ1) is 9.23. The van der Waals surface area contributed by atoms with Crippen molar-refractivity contribution in [3.8, 4) is 5.75 Å². The zero-order chi connectivity index (χ0) is 13.3. The van der Waals surface area contributed by atoms with Gasteiger partial charge in [-0.15, -0.1) is 0 Å². The molecule has 1 aliphatic carbocycles. The zero-order valence-corrected chi connectivity index (χ0v) is 11.0. The number of hydrogen-bond acceptors (Lipinski definition) is 4. The highest BCUT2D eigenvalue weighted by Crippen LogP contribution is 2.37. The molecule has 4 heteroatoms. The van der Waals surface area contributed by atoms with Crippen molar-refractivity contribution in [1.82, 2.24) is 0 Å². The van der Waals surface area contributed by atoms with Gasteiger partial charge < -0.3 is 9.47 Å². The molecule has 0 bridgehead atoms. The predicted molar refractivity (Wildman–Crippen MR) is 71.4 cm³/mol. The highest BCUT2D eigenvalue weighted by Gasteiger charge is 2.46. The summed E-state index contributed by atoms with van der Waals surface area (Å²) in [5, 5.41) is 0. The van der Waals surface area contributed by atoms with Crippen molar-refractivity contribution in [1.29, 1.82) is 0 Å². The van der Waals surface area contributed by atoms with E-state index in [0.29, 0.717) is 5.90 Å². The average molecular weight is 259 g/mol. The van der Waals surface area contributed by atoms with E-state index in [9.17, 15) is 4.79 Å². The third-order valence-electron chi connectivity index (χ3n) is 3.88. The summed E-state index contributed by atoms with van der Waals surface area (Å²) < 4.78 is 10.6. The molecule has 1 fully saturated rings. The quantitative estimate of drug-likeness (QED) is 0.767. The lowest BCUT2D eigenvalue weighted by Gasteiger charge is -2.25. The number of methoxy groups -OCH3 is 1. The van der Waals surface area contributed by atoms with Crippen molar-refractivity contribution in [2.75, 3.05) is 7.11 Å². The van der Waals surface area contributed by atoms with Gasteiger partial charge in [-0.05, 0) is 31.0 Å². The van der Waals surface area contributed by atoms with Gasteiger partial charge in [-0.25, -0.2) is 9.79 Å². The van der Waals surface area contributed by atoms with Crippen LogP contribution in [0.25, 0.3) is 0 Å². The predicted octanol–water partition coefficient (Wildman–Crippen LogP) is 2.70. The normalized spacial score (nSPS) is 21.1. The Hall–Kier alpha value is -1.84. The van der Waals surface area contributed by atoms with E-state index < -0.39 is 5.54 Å². The molecule has 0 unspecified atom stereocenters. The number of benzene rings is 1. The molecule has 1 aromatic rings. The molecule has 0 atom stereocenters. The summed E-state index contributed by atoms with van der Waals surface area (Å²) in [7, 11) is 1.62. The van der Waals surface area contributed by atoms with Crippen LogP contribution < -0.4 is 4.74 Å². The van der Waals surface area contributed by atoms with Crippen molar-refractivity contribution in [3.63, 3.8) is 0 Å². The van der Waals surface area contributed by atoms with E-state index in [1.807, 2.05) is 24.3 Å². The molecule has 1 spiro atoms. The smallest absolute Gasteiger partial charge is 0.340 e. The van der Waals surface area contributed by atoms with Crippen LogP contribution in [0.1, 0.15) is 37.7 Å². The van der Waals surface area contributed by atoms with Crippen molar-refractivity contribution >= 4 is 11.9 Å². The first-order valence-electron chi connectivity index (χ1n) is 6.70. The Kier molecular flexibility index (Phi) is 3.01. The van der Waals surface area contributed by atoms with Crippen molar-refractivity contribution in [2.45, 2.75) is 37.6 Å². The minimum atomic E-state index is -0.614. The molecule has 4 nitrogen and oxygen atoms in total. The molecule has 3 rings (SSSR count). The van der Waals surface area contributed by atoms with Gasteiger partial charge in [0.1, 0.15) is 5.75 Å². The summed E-state index contributed by atoms with van der Waals surface area (Å²) in [5.74, 6) is 0.983. The van der Waals surface area contributed by atoms with Crippen LogP contribution in [0.15, 0.2) is 29.3 Å². The molecule has 0 N–H and O–H groups in total. The number of aliphatic imine (C=N–C) groups is 1. The number of esters is 1. The van der Waals surface area contributed by atoms with E-state index in [1.54, 1.807) is 7.11 Å². The fraction of sp³-hybridized carbons (Fsp3) is 0.467. The molecule has 1 saturated carbocycles. The van der Waals surface area contributed by atoms with Crippen molar-refractivity contribution in [3.05, 3.63) is 29.8 Å². The summed E-state index contributed by atoms with van der Waals surface area (Å²) in [6.45, 7) is 0. The third kappa shape index (κ3) is 2.11. The Balaban J connectivity index is 1.93. The summed E-state index contributed by atoms with van der Waals surface area (Å²) in [4.78, 5) is 16.7. The maximum absolute atomic E-state index is 12.1. The van der Waals surface area contributed by atoms with Gasteiger partial charge in [-0.2, -0.15) is 0 Å². The molecular weight excluding hydrogens is 242 g/mol. The third-order valence-corrected chi connectivity index (χ3v) is 3.88. The summed E-state index contributed by atoms with van der Waals surface area (Å²) in [6, 6.07) is 7.46. The lowest BCUT2D eigenvalue weighted by atomic mass is 9.83. The van der Waals surface area contributed by atoms with Gasteiger partial charge in [-0.1, -0.05) is 25.3 Å². The molecule has 0 amide bonds. The van der Waals surface area contributed by atoms with E-state index in [1.165, 1.54) is 6.42 Å². The van der Waals surface area contributed by atoms with Gasteiger partial charge in [0, 0.05) is 5.56 Å². The topological polar surface area (TPSA) is 47.9 Å². The molecule has 1 heterocycles. The molecular formula is C15H17NO3. The minimum Gasteiger partial charge on any atom is -0.497 e. The number of carbonyl (C=O) groups is 1. The molecule has 1 aliphatic heterocycles. The molecule has 100 valence electrons. The maximum Gasteiger partial charge on any atom is 0.340 e. The lowest BCUT2D eigenvalue weighted by Crippen LogP contribution is -2.35. The monoisotopic (exact) mass is 259 g/mol. The second-order valence-electron chi connectivity index (χ2n) is 5.13. The average Bonchev–Trinajstić information content (AvgIpc) is 2.77. The standard InChI is InChI=1S/C15H17NO3/c1-18-12-7-5-6-11(10-12)13-16-15(14(17)19-13)8-3-2-4-9-15/h5-7,10H,2-4,8-9H2,1H3. The second-order valence-corrected chi connectivity index (χ2v) is 5.13. The first kappa shape index (κ1) is 12.2. The number of ether oxygens (including phenoxy) is 2. The summed E-state index contributed by atoms with van der Waals surface area (Å²) >= 11 is 0. The van der Waals surface area contributed by atoms with Crippen LogP contribution in [0.5, 0.6) is 5.75 Å².